The molecule has 0 aromatic rings. The molecule has 0 aliphatic carbocycles. The van der Waals surface area contributed by atoms with E-state index in [0.717, 1.165) is 57.8 Å². The summed E-state index contributed by atoms with van der Waals surface area (Å²) in [5, 5.41) is 23.6. The van der Waals surface area contributed by atoms with E-state index in [4.69, 9.17) is 0 Å². The van der Waals surface area contributed by atoms with Gasteiger partial charge < -0.3 is 15.5 Å². The fraction of sp³-hybridized carbons (Fsp3) is 0.936. The molecule has 0 spiro atoms. The SMILES string of the molecule is CCCCCCCCCCC/C=C\CCCCCCC(O)C(=O)NC(CS(=O)(=O)O)C(O)CCCCCCCCCCCCCCCCCCCCCCC. The number of carbonyl (C=O) groups is 1. The van der Waals surface area contributed by atoms with Gasteiger partial charge in [0, 0.05) is 0 Å². The number of rotatable bonds is 44. The van der Waals surface area contributed by atoms with Crippen LogP contribution in [0.15, 0.2) is 12.2 Å². The molecule has 8 heteroatoms. The minimum absolute atomic E-state index is 0.286. The lowest BCUT2D eigenvalue weighted by Crippen LogP contribution is -2.50. The van der Waals surface area contributed by atoms with Gasteiger partial charge in [-0.1, -0.05) is 231 Å². The van der Waals surface area contributed by atoms with Gasteiger partial charge in [-0.25, -0.2) is 0 Å². The highest BCUT2D eigenvalue weighted by Crippen LogP contribution is 2.17. The first-order valence-corrected chi connectivity index (χ1v) is 25.6. The van der Waals surface area contributed by atoms with Crippen LogP contribution in [0.4, 0.5) is 0 Å². The molecule has 0 rings (SSSR count). The lowest BCUT2D eigenvalue weighted by molar-refractivity contribution is -0.131. The van der Waals surface area contributed by atoms with Crippen molar-refractivity contribution in [3.8, 4) is 0 Å². The van der Waals surface area contributed by atoms with Crippen LogP contribution < -0.4 is 5.32 Å². The summed E-state index contributed by atoms with van der Waals surface area (Å²) < 4.78 is 32.7. The van der Waals surface area contributed by atoms with Gasteiger partial charge in [-0.2, -0.15) is 8.42 Å². The monoisotopic (exact) mass is 800 g/mol. The second kappa shape index (κ2) is 41.2. The van der Waals surface area contributed by atoms with Gasteiger partial charge in [0.1, 0.15) is 6.10 Å². The number of unbranched alkanes of at least 4 members (excludes halogenated alkanes) is 33. The van der Waals surface area contributed by atoms with Gasteiger partial charge >= 0.3 is 0 Å². The molecule has 3 atom stereocenters. The molecule has 0 fully saturated rings. The molecule has 0 aromatic carbocycles. The average molecular weight is 800 g/mol. The van der Waals surface area contributed by atoms with Crippen molar-refractivity contribution >= 4 is 16.0 Å². The van der Waals surface area contributed by atoms with Crippen LogP contribution in [-0.4, -0.2) is 53.1 Å². The predicted molar refractivity (Wildman–Crippen MR) is 236 cm³/mol. The highest BCUT2D eigenvalue weighted by Gasteiger charge is 2.28. The Kier molecular flexibility index (Phi) is 40.5. The van der Waals surface area contributed by atoms with Crippen molar-refractivity contribution in [2.75, 3.05) is 5.75 Å². The third kappa shape index (κ3) is 41.0. The Morgan fingerprint density at radius 1 is 0.473 bits per heavy atom. The highest BCUT2D eigenvalue weighted by atomic mass is 32.2. The lowest BCUT2D eigenvalue weighted by Gasteiger charge is -2.24. The Labute approximate surface area is 342 Å². The zero-order valence-electron chi connectivity index (χ0n) is 36.4. The van der Waals surface area contributed by atoms with Crippen molar-refractivity contribution in [1.82, 2.24) is 5.32 Å². The Morgan fingerprint density at radius 2 is 0.764 bits per heavy atom. The van der Waals surface area contributed by atoms with Gasteiger partial charge in [0.2, 0.25) is 5.91 Å². The quantitative estimate of drug-likeness (QED) is 0.0276. The summed E-state index contributed by atoms with van der Waals surface area (Å²) in [5.41, 5.74) is 0. The maximum atomic E-state index is 12.7. The Morgan fingerprint density at radius 3 is 1.09 bits per heavy atom. The van der Waals surface area contributed by atoms with Crippen LogP contribution in [0, 0.1) is 0 Å². The summed E-state index contributed by atoms with van der Waals surface area (Å²) in [6, 6.07) is -1.15. The van der Waals surface area contributed by atoms with Gasteiger partial charge in [0.15, 0.2) is 0 Å². The minimum atomic E-state index is -4.41. The maximum absolute atomic E-state index is 12.7. The van der Waals surface area contributed by atoms with Crippen LogP contribution in [0.1, 0.15) is 258 Å². The van der Waals surface area contributed by atoms with Gasteiger partial charge in [0.05, 0.1) is 17.9 Å². The minimum Gasteiger partial charge on any atom is -0.391 e. The van der Waals surface area contributed by atoms with Crippen molar-refractivity contribution in [3.05, 3.63) is 12.2 Å². The van der Waals surface area contributed by atoms with Crippen molar-refractivity contribution in [2.45, 2.75) is 276 Å². The fourth-order valence-electron chi connectivity index (χ4n) is 7.63. The number of allylic oxidation sites excluding steroid dienone is 2. The number of hydrogen-bond donors (Lipinski definition) is 4. The molecule has 55 heavy (non-hydrogen) atoms. The van der Waals surface area contributed by atoms with E-state index in [1.165, 1.54) is 167 Å². The molecule has 0 saturated heterocycles. The number of amides is 1. The van der Waals surface area contributed by atoms with E-state index in [-0.39, 0.29) is 6.42 Å². The Hall–Kier alpha value is -0.960. The molecule has 0 bridgehead atoms. The first-order valence-electron chi connectivity index (χ1n) is 24.0. The molecule has 7 nitrogen and oxygen atoms in total. The van der Waals surface area contributed by atoms with Crippen LogP contribution in [-0.2, 0) is 14.9 Å². The zero-order valence-corrected chi connectivity index (χ0v) is 37.3. The molecule has 0 saturated carbocycles. The predicted octanol–water partition coefficient (Wildman–Crippen LogP) is 13.5. The molecule has 328 valence electrons. The molecule has 0 radical (unpaired) electrons. The van der Waals surface area contributed by atoms with Crippen LogP contribution in [0.5, 0.6) is 0 Å². The zero-order chi connectivity index (χ0) is 40.5. The Balaban J connectivity index is 3.88. The van der Waals surface area contributed by atoms with E-state index in [9.17, 15) is 28.0 Å². The molecular weight excluding hydrogens is 707 g/mol. The van der Waals surface area contributed by atoms with Gasteiger partial charge in [-0.3, -0.25) is 9.35 Å². The number of nitrogens with one attached hydrogen (secondary N) is 1. The average Bonchev–Trinajstić information content (AvgIpc) is 3.15. The largest absolute Gasteiger partial charge is 0.391 e. The third-order valence-corrected chi connectivity index (χ3v) is 12.1. The summed E-state index contributed by atoms with van der Waals surface area (Å²) in [4.78, 5) is 12.7. The summed E-state index contributed by atoms with van der Waals surface area (Å²) in [5.74, 6) is -1.45. The van der Waals surface area contributed by atoms with E-state index in [0.29, 0.717) is 12.8 Å². The van der Waals surface area contributed by atoms with Crippen molar-refractivity contribution < 1.29 is 28.0 Å². The molecule has 1 amide bonds. The second-order valence-corrected chi connectivity index (χ2v) is 18.4. The summed E-state index contributed by atoms with van der Waals surface area (Å²) in [6.45, 7) is 4.54. The first-order chi connectivity index (χ1) is 26.7. The van der Waals surface area contributed by atoms with Crippen LogP contribution in [0.3, 0.4) is 0 Å². The molecule has 0 aromatic heterocycles. The van der Waals surface area contributed by atoms with Crippen LogP contribution in [0.2, 0.25) is 0 Å². The van der Waals surface area contributed by atoms with Crippen LogP contribution in [0.25, 0.3) is 0 Å². The normalized spacial score (nSPS) is 13.8. The summed E-state index contributed by atoms with van der Waals surface area (Å²) >= 11 is 0. The summed E-state index contributed by atoms with van der Waals surface area (Å²) in [6.07, 6.45) is 48.1. The van der Waals surface area contributed by atoms with Gasteiger partial charge in [-0.05, 0) is 38.5 Å². The topological polar surface area (TPSA) is 124 Å². The van der Waals surface area contributed by atoms with E-state index >= 15 is 0 Å². The number of carbonyl (C=O) groups excluding carboxylic acids is 1. The van der Waals surface area contributed by atoms with E-state index in [1.54, 1.807) is 0 Å². The molecule has 0 heterocycles. The van der Waals surface area contributed by atoms with Crippen molar-refractivity contribution in [2.24, 2.45) is 0 Å². The second-order valence-electron chi connectivity index (χ2n) is 16.9. The van der Waals surface area contributed by atoms with E-state index in [2.05, 4.69) is 31.3 Å². The van der Waals surface area contributed by atoms with Crippen LogP contribution >= 0.6 is 0 Å². The lowest BCUT2D eigenvalue weighted by atomic mass is 10.0. The van der Waals surface area contributed by atoms with Crippen molar-refractivity contribution in [3.63, 3.8) is 0 Å². The fourth-order valence-corrected chi connectivity index (χ4v) is 8.39. The Bertz CT molecular complexity index is 942. The molecule has 0 aliphatic rings. The van der Waals surface area contributed by atoms with E-state index in [1.807, 2.05) is 0 Å². The highest BCUT2D eigenvalue weighted by molar-refractivity contribution is 7.85. The standard InChI is InChI=1S/C47H93NO6S/c1-3-5-7-9-11-13-15-17-19-21-22-23-24-26-27-29-31-33-35-37-39-41-45(49)44(43-55(52,53)54)48-47(51)46(50)42-40-38-36-34-32-30-28-25-20-18-16-14-12-10-8-6-4-2/h28,30,44-46,49-50H,3-27,29,31-43H2,1-2H3,(H,48,51)(H,52,53,54)/b30-28-. The van der Waals surface area contributed by atoms with Crippen molar-refractivity contribution in [1.29, 1.82) is 0 Å². The molecule has 3 unspecified atom stereocenters. The number of hydrogen-bond acceptors (Lipinski definition) is 5. The van der Waals surface area contributed by atoms with E-state index < -0.39 is 40.0 Å². The smallest absolute Gasteiger partial charge is 0.266 e. The van der Waals surface area contributed by atoms with Gasteiger partial charge in [0.25, 0.3) is 10.1 Å². The third-order valence-electron chi connectivity index (χ3n) is 11.3. The summed E-state index contributed by atoms with van der Waals surface area (Å²) in [7, 11) is -4.41. The number of aliphatic hydroxyl groups is 2. The number of aliphatic hydroxyl groups excluding tert-OH is 2. The maximum Gasteiger partial charge on any atom is 0.266 e. The first kappa shape index (κ1) is 54.0. The van der Waals surface area contributed by atoms with Gasteiger partial charge in [-0.15, -0.1) is 0 Å². The molecular formula is C47H93NO6S. The molecule has 0 aliphatic heterocycles. The molecule has 4 N–H and O–H groups in total.